The van der Waals surface area contributed by atoms with Gasteiger partial charge in [0.2, 0.25) is 0 Å². The maximum Gasteiger partial charge on any atom is 0.398 e. The summed E-state index contributed by atoms with van der Waals surface area (Å²) in [4.78, 5) is 0. The van der Waals surface area contributed by atoms with Crippen molar-refractivity contribution in [1.82, 2.24) is 0 Å². The second-order valence-corrected chi connectivity index (χ2v) is 8.54. The highest BCUT2D eigenvalue weighted by Gasteiger charge is 2.35. The molecule has 0 radical (unpaired) electrons. The summed E-state index contributed by atoms with van der Waals surface area (Å²) in [7, 11) is -2.08. The zero-order valence-electron chi connectivity index (χ0n) is 11.5. The fraction of sp³-hybridized carbons (Fsp3) is 0.571. The van der Waals surface area contributed by atoms with Crippen LogP contribution in [0.1, 0.15) is 33.6 Å². The van der Waals surface area contributed by atoms with Gasteiger partial charge in [0.25, 0.3) is 0 Å². The molecule has 0 fully saturated rings. The van der Waals surface area contributed by atoms with Gasteiger partial charge in [-0.25, -0.2) is 0 Å². The molecule has 1 aromatic carbocycles. The SMILES string of the molecule is CCCCO[Si](CC)(CC)Oc1ccc(Cl)cc1. The first-order valence-corrected chi connectivity index (χ1v) is 9.35. The summed E-state index contributed by atoms with van der Waals surface area (Å²) >= 11 is 5.88. The van der Waals surface area contributed by atoms with Crippen LogP contribution in [-0.4, -0.2) is 15.2 Å². The van der Waals surface area contributed by atoms with E-state index in [4.69, 9.17) is 20.5 Å². The van der Waals surface area contributed by atoms with Crippen molar-refractivity contribution < 1.29 is 8.85 Å². The molecule has 0 aromatic heterocycles. The van der Waals surface area contributed by atoms with E-state index in [2.05, 4.69) is 20.8 Å². The highest BCUT2D eigenvalue weighted by Crippen LogP contribution is 2.24. The molecule has 4 heteroatoms. The van der Waals surface area contributed by atoms with Crippen molar-refractivity contribution in [3.8, 4) is 5.75 Å². The zero-order chi connectivity index (χ0) is 13.4. The molecule has 0 atom stereocenters. The minimum Gasteiger partial charge on any atom is -0.520 e. The lowest BCUT2D eigenvalue weighted by molar-refractivity contribution is 0.233. The first-order chi connectivity index (χ1) is 8.65. The van der Waals surface area contributed by atoms with E-state index in [9.17, 15) is 0 Å². The van der Waals surface area contributed by atoms with Crippen LogP contribution in [0, 0.1) is 0 Å². The fourth-order valence-corrected chi connectivity index (χ4v) is 4.21. The van der Waals surface area contributed by atoms with Crippen molar-refractivity contribution in [3.63, 3.8) is 0 Å². The highest BCUT2D eigenvalue weighted by molar-refractivity contribution is 6.68. The van der Waals surface area contributed by atoms with Crippen LogP contribution in [0.2, 0.25) is 17.1 Å². The smallest absolute Gasteiger partial charge is 0.398 e. The first-order valence-electron chi connectivity index (χ1n) is 6.74. The lowest BCUT2D eigenvalue weighted by Gasteiger charge is -2.29. The topological polar surface area (TPSA) is 18.5 Å². The Labute approximate surface area is 117 Å². The van der Waals surface area contributed by atoms with E-state index in [1.165, 1.54) is 0 Å². The molecule has 0 N–H and O–H groups in total. The molecule has 0 unspecified atom stereocenters. The van der Waals surface area contributed by atoms with Crippen molar-refractivity contribution >= 4 is 20.2 Å². The van der Waals surface area contributed by atoms with Gasteiger partial charge in [0.1, 0.15) is 5.75 Å². The second-order valence-electron chi connectivity index (χ2n) is 4.38. The van der Waals surface area contributed by atoms with Crippen LogP contribution in [0.3, 0.4) is 0 Å². The van der Waals surface area contributed by atoms with Gasteiger partial charge in [0.05, 0.1) is 0 Å². The van der Waals surface area contributed by atoms with E-state index in [0.717, 1.165) is 42.3 Å². The van der Waals surface area contributed by atoms with Crippen molar-refractivity contribution in [1.29, 1.82) is 0 Å². The second kappa shape index (κ2) is 7.82. The summed E-state index contributed by atoms with van der Waals surface area (Å²) in [5, 5.41) is 0.731. The Morgan fingerprint density at radius 2 is 1.67 bits per heavy atom. The maximum atomic E-state index is 6.16. The molecule has 0 spiro atoms. The molecule has 102 valence electrons. The normalized spacial score (nSPS) is 11.6. The molecule has 0 saturated carbocycles. The molecule has 18 heavy (non-hydrogen) atoms. The van der Waals surface area contributed by atoms with Gasteiger partial charge >= 0.3 is 8.56 Å². The van der Waals surface area contributed by atoms with E-state index in [0.29, 0.717) is 0 Å². The molecule has 0 saturated heterocycles. The third-order valence-corrected chi connectivity index (χ3v) is 6.80. The van der Waals surface area contributed by atoms with Gasteiger partial charge in [0, 0.05) is 11.6 Å². The van der Waals surface area contributed by atoms with Gasteiger partial charge in [-0.15, -0.1) is 0 Å². The average Bonchev–Trinajstić information content (AvgIpc) is 2.40. The molecule has 1 aromatic rings. The van der Waals surface area contributed by atoms with Crippen molar-refractivity contribution in [2.24, 2.45) is 0 Å². The van der Waals surface area contributed by atoms with Crippen LogP contribution in [0.5, 0.6) is 5.75 Å². The van der Waals surface area contributed by atoms with E-state index in [-0.39, 0.29) is 0 Å². The van der Waals surface area contributed by atoms with Gasteiger partial charge in [-0.3, -0.25) is 0 Å². The molecule has 0 aliphatic heterocycles. The molecular weight excluding hydrogens is 264 g/mol. The summed E-state index contributed by atoms with van der Waals surface area (Å²) in [6.45, 7) is 7.28. The van der Waals surface area contributed by atoms with Crippen molar-refractivity contribution in [3.05, 3.63) is 29.3 Å². The lowest BCUT2D eigenvalue weighted by atomic mass is 10.3. The Hall–Kier alpha value is -0.513. The third-order valence-electron chi connectivity index (χ3n) is 3.06. The molecular formula is C14H23ClO2Si. The Kier molecular flexibility index (Phi) is 6.75. The van der Waals surface area contributed by atoms with E-state index >= 15 is 0 Å². The Bertz CT molecular complexity index is 336. The number of halogens is 1. The van der Waals surface area contributed by atoms with Gasteiger partial charge in [0.15, 0.2) is 0 Å². The van der Waals surface area contributed by atoms with E-state index in [1.807, 2.05) is 24.3 Å². The minimum atomic E-state index is -2.08. The van der Waals surface area contributed by atoms with Crippen molar-refractivity contribution in [2.45, 2.75) is 45.7 Å². The molecule has 1 rings (SSSR count). The zero-order valence-corrected chi connectivity index (χ0v) is 13.3. The van der Waals surface area contributed by atoms with Gasteiger partial charge in [-0.2, -0.15) is 0 Å². The first kappa shape index (κ1) is 15.5. The predicted molar refractivity (Wildman–Crippen MR) is 79.7 cm³/mol. The standard InChI is InChI=1S/C14H23ClO2Si/c1-4-7-12-16-18(5-2,6-3)17-14-10-8-13(15)9-11-14/h8-11H,4-7,12H2,1-3H3. The summed E-state index contributed by atoms with van der Waals surface area (Å²) in [6.07, 6.45) is 2.25. The Morgan fingerprint density at radius 1 is 1.06 bits per heavy atom. The van der Waals surface area contributed by atoms with Crippen LogP contribution in [0.15, 0.2) is 24.3 Å². The monoisotopic (exact) mass is 286 g/mol. The van der Waals surface area contributed by atoms with Gasteiger partial charge in [-0.1, -0.05) is 38.8 Å². The third kappa shape index (κ3) is 4.63. The quantitative estimate of drug-likeness (QED) is 0.493. The number of rotatable bonds is 8. The van der Waals surface area contributed by atoms with Crippen LogP contribution >= 0.6 is 11.6 Å². The largest absolute Gasteiger partial charge is 0.520 e. The summed E-state index contributed by atoms with van der Waals surface area (Å²) in [5.41, 5.74) is 0. The summed E-state index contributed by atoms with van der Waals surface area (Å²) in [6, 6.07) is 9.48. The lowest BCUT2D eigenvalue weighted by Crippen LogP contribution is -2.44. The van der Waals surface area contributed by atoms with Gasteiger partial charge < -0.3 is 8.85 Å². The van der Waals surface area contributed by atoms with E-state index < -0.39 is 8.56 Å². The maximum absolute atomic E-state index is 6.16. The van der Waals surface area contributed by atoms with Crippen LogP contribution < -0.4 is 4.43 Å². The molecule has 0 aliphatic carbocycles. The van der Waals surface area contributed by atoms with Gasteiger partial charge in [-0.05, 0) is 42.8 Å². The number of unbranched alkanes of at least 4 members (excludes halogenated alkanes) is 1. The summed E-state index contributed by atoms with van der Waals surface area (Å²) < 4.78 is 12.2. The van der Waals surface area contributed by atoms with Crippen molar-refractivity contribution in [2.75, 3.05) is 6.61 Å². The Morgan fingerprint density at radius 3 is 2.17 bits per heavy atom. The average molecular weight is 287 g/mol. The number of benzene rings is 1. The highest BCUT2D eigenvalue weighted by atomic mass is 35.5. The van der Waals surface area contributed by atoms with E-state index in [1.54, 1.807) is 0 Å². The Balaban J connectivity index is 2.68. The van der Waals surface area contributed by atoms with Crippen LogP contribution in [0.25, 0.3) is 0 Å². The number of hydrogen-bond acceptors (Lipinski definition) is 2. The molecule has 0 amide bonds. The molecule has 0 aliphatic rings. The molecule has 0 bridgehead atoms. The summed E-state index contributed by atoms with van der Waals surface area (Å²) in [5.74, 6) is 0.867. The fourth-order valence-electron chi connectivity index (χ4n) is 1.75. The minimum absolute atomic E-state index is 0.731. The van der Waals surface area contributed by atoms with Crippen LogP contribution in [-0.2, 0) is 4.43 Å². The molecule has 2 nitrogen and oxygen atoms in total. The molecule has 0 heterocycles. The predicted octanol–water partition coefficient (Wildman–Crippen LogP) is 5.02. The van der Waals surface area contributed by atoms with Crippen LogP contribution in [0.4, 0.5) is 0 Å². The number of hydrogen-bond donors (Lipinski definition) is 0.